The zero-order chi connectivity index (χ0) is 12.3. The molecule has 1 unspecified atom stereocenters. The molecule has 0 radical (unpaired) electrons. The Hall–Kier alpha value is -1.13. The highest BCUT2D eigenvalue weighted by Gasteiger charge is 2.28. The van der Waals surface area contributed by atoms with Crippen molar-refractivity contribution in [1.29, 1.82) is 0 Å². The number of hydrogen-bond acceptors (Lipinski definition) is 2. The fourth-order valence-corrected chi connectivity index (χ4v) is 2.10. The summed E-state index contributed by atoms with van der Waals surface area (Å²) in [7, 11) is 0. The van der Waals surface area contributed by atoms with Gasteiger partial charge >= 0.3 is 0 Å². The van der Waals surface area contributed by atoms with Crippen LogP contribution in [0.2, 0.25) is 0 Å². The van der Waals surface area contributed by atoms with Gasteiger partial charge < -0.3 is 9.64 Å². The lowest BCUT2D eigenvalue weighted by atomic mass is 10.1. The van der Waals surface area contributed by atoms with Gasteiger partial charge in [0.05, 0.1) is 24.8 Å². The van der Waals surface area contributed by atoms with Crippen LogP contribution in [0.5, 0.6) is 0 Å². The molecule has 1 aliphatic rings. The number of hydrogen-bond donors (Lipinski definition) is 0. The molecule has 0 spiro atoms. The van der Waals surface area contributed by atoms with Crippen LogP contribution in [0, 0.1) is 5.82 Å². The van der Waals surface area contributed by atoms with E-state index in [1.54, 1.807) is 17.0 Å². The number of morpholine rings is 1. The van der Waals surface area contributed by atoms with Gasteiger partial charge in [-0.15, -0.1) is 11.6 Å². The maximum Gasteiger partial charge on any atom is 0.257 e. The average molecular weight is 258 g/mol. The summed E-state index contributed by atoms with van der Waals surface area (Å²) in [6.07, 6.45) is 0. The monoisotopic (exact) mass is 257 g/mol. The summed E-state index contributed by atoms with van der Waals surface area (Å²) in [6.45, 7) is 1.32. The van der Waals surface area contributed by atoms with Gasteiger partial charge in [0.2, 0.25) is 0 Å². The van der Waals surface area contributed by atoms with Crippen LogP contribution in [0.25, 0.3) is 0 Å². The normalized spacial score (nSPS) is 20.4. The molecular weight excluding hydrogens is 245 g/mol. The van der Waals surface area contributed by atoms with E-state index in [1.807, 2.05) is 0 Å². The highest BCUT2D eigenvalue weighted by atomic mass is 35.5. The van der Waals surface area contributed by atoms with E-state index in [0.29, 0.717) is 25.6 Å². The van der Waals surface area contributed by atoms with Gasteiger partial charge in [0.1, 0.15) is 5.82 Å². The van der Waals surface area contributed by atoms with Gasteiger partial charge in [-0.2, -0.15) is 0 Å². The van der Waals surface area contributed by atoms with Crippen LogP contribution in [0.4, 0.5) is 4.39 Å². The third kappa shape index (κ3) is 2.58. The minimum atomic E-state index is -0.502. The predicted molar refractivity (Wildman–Crippen MR) is 62.8 cm³/mol. The minimum Gasteiger partial charge on any atom is -0.377 e. The van der Waals surface area contributed by atoms with Gasteiger partial charge in [-0.05, 0) is 12.1 Å². The minimum absolute atomic E-state index is 0.0875. The lowest BCUT2D eigenvalue weighted by Crippen LogP contribution is -2.49. The van der Waals surface area contributed by atoms with Crippen molar-refractivity contribution in [2.45, 2.75) is 6.04 Å². The first kappa shape index (κ1) is 12.3. The highest BCUT2D eigenvalue weighted by molar-refractivity contribution is 6.18. The van der Waals surface area contributed by atoms with Crippen molar-refractivity contribution in [3.8, 4) is 0 Å². The molecule has 1 saturated heterocycles. The standard InChI is InChI=1S/C12H13ClFNO2/c13-7-9-8-17-6-5-15(9)12(16)10-3-1-2-4-11(10)14/h1-4,9H,5-8H2. The maximum atomic E-state index is 13.5. The summed E-state index contributed by atoms with van der Waals surface area (Å²) >= 11 is 5.78. The van der Waals surface area contributed by atoms with Gasteiger partial charge in [-0.3, -0.25) is 4.79 Å². The van der Waals surface area contributed by atoms with Crippen molar-refractivity contribution in [2.24, 2.45) is 0 Å². The second-order valence-electron chi connectivity index (χ2n) is 3.86. The quantitative estimate of drug-likeness (QED) is 0.758. The molecule has 0 bridgehead atoms. The molecule has 17 heavy (non-hydrogen) atoms. The van der Waals surface area contributed by atoms with E-state index in [-0.39, 0.29) is 17.5 Å². The molecule has 1 fully saturated rings. The molecule has 1 amide bonds. The summed E-state index contributed by atoms with van der Waals surface area (Å²) in [5.74, 6) is -0.533. The largest absolute Gasteiger partial charge is 0.377 e. The molecule has 0 N–H and O–H groups in total. The Balaban J connectivity index is 2.21. The Kier molecular flexibility index (Phi) is 3.97. The Morgan fingerprint density at radius 1 is 1.53 bits per heavy atom. The number of amides is 1. The van der Waals surface area contributed by atoms with Crippen LogP contribution in [0.1, 0.15) is 10.4 Å². The number of carbonyl (C=O) groups excluding carboxylic acids is 1. The van der Waals surface area contributed by atoms with Crippen molar-refractivity contribution < 1.29 is 13.9 Å². The van der Waals surface area contributed by atoms with E-state index in [0.717, 1.165) is 0 Å². The Morgan fingerprint density at radius 2 is 2.29 bits per heavy atom. The Bertz CT molecular complexity index is 413. The van der Waals surface area contributed by atoms with Crippen LogP contribution < -0.4 is 0 Å². The number of benzene rings is 1. The molecule has 3 nitrogen and oxygen atoms in total. The van der Waals surface area contributed by atoms with Crippen LogP contribution in [0.3, 0.4) is 0 Å². The fourth-order valence-electron chi connectivity index (χ4n) is 1.84. The lowest BCUT2D eigenvalue weighted by Gasteiger charge is -2.34. The first-order valence-corrected chi connectivity index (χ1v) is 5.96. The molecule has 1 aromatic rings. The average Bonchev–Trinajstić information content (AvgIpc) is 2.38. The first-order valence-electron chi connectivity index (χ1n) is 5.43. The third-order valence-electron chi connectivity index (χ3n) is 2.77. The van der Waals surface area contributed by atoms with Gasteiger partial charge in [0.15, 0.2) is 0 Å². The van der Waals surface area contributed by atoms with E-state index in [1.165, 1.54) is 12.1 Å². The Labute approximate surface area is 104 Å². The number of ether oxygens (including phenoxy) is 1. The smallest absolute Gasteiger partial charge is 0.257 e. The topological polar surface area (TPSA) is 29.5 Å². The molecular formula is C12H13ClFNO2. The summed E-state index contributed by atoms with van der Waals surface area (Å²) in [6, 6.07) is 5.79. The van der Waals surface area contributed by atoms with Crippen molar-refractivity contribution in [3.63, 3.8) is 0 Å². The van der Waals surface area contributed by atoms with Gasteiger partial charge in [0.25, 0.3) is 5.91 Å². The number of carbonyl (C=O) groups is 1. The van der Waals surface area contributed by atoms with E-state index >= 15 is 0 Å². The summed E-state index contributed by atoms with van der Waals surface area (Å²) in [4.78, 5) is 13.7. The number of alkyl halides is 1. The number of halogens is 2. The Morgan fingerprint density at radius 3 is 3.00 bits per heavy atom. The van der Waals surface area contributed by atoms with Gasteiger partial charge in [-0.25, -0.2) is 4.39 Å². The van der Waals surface area contributed by atoms with Crippen molar-refractivity contribution in [1.82, 2.24) is 4.90 Å². The molecule has 1 heterocycles. The van der Waals surface area contributed by atoms with E-state index in [4.69, 9.17) is 16.3 Å². The molecule has 0 saturated carbocycles. The van der Waals surface area contributed by atoms with E-state index < -0.39 is 5.82 Å². The molecule has 0 aromatic heterocycles. The molecule has 1 aromatic carbocycles. The van der Waals surface area contributed by atoms with Crippen LogP contribution >= 0.6 is 11.6 Å². The van der Waals surface area contributed by atoms with Crippen LogP contribution in [-0.4, -0.2) is 42.5 Å². The number of rotatable bonds is 2. The first-order chi connectivity index (χ1) is 8.24. The maximum absolute atomic E-state index is 13.5. The zero-order valence-corrected chi connectivity index (χ0v) is 9.99. The second-order valence-corrected chi connectivity index (χ2v) is 4.17. The predicted octanol–water partition coefficient (Wildman–Crippen LogP) is 1.91. The van der Waals surface area contributed by atoms with Crippen LogP contribution in [-0.2, 0) is 4.74 Å². The SMILES string of the molecule is O=C(c1ccccc1F)N1CCOCC1CCl. The van der Waals surface area contributed by atoms with Crippen molar-refractivity contribution in [2.75, 3.05) is 25.6 Å². The zero-order valence-electron chi connectivity index (χ0n) is 9.23. The van der Waals surface area contributed by atoms with Gasteiger partial charge in [-0.1, -0.05) is 12.1 Å². The molecule has 5 heteroatoms. The molecule has 1 aliphatic heterocycles. The van der Waals surface area contributed by atoms with Gasteiger partial charge in [0, 0.05) is 12.4 Å². The fraction of sp³-hybridized carbons (Fsp3) is 0.417. The lowest BCUT2D eigenvalue weighted by molar-refractivity contribution is 0.00431. The second kappa shape index (κ2) is 5.47. The summed E-state index contributed by atoms with van der Waals surface area (Å²) < 4.78 is 18.8. The molecule has 92 valence electrons. The third-order valence-corrected chi connectivity index (χ3v) is 3.13. The summed E-state index contributed by atoms with van der Waals surface area (Å²) in [5, 5.41) is 0. The van der Waals surface area contributed by atoms with Crippen LogP contribution in [0.15, 0.2) is 24.3 Å². The van der Waals surface area contributed by atoms with Crippen molar-refractivity contribution in [3.05, 3.63) is 35.6 Å². The van der Waals surface area contributed by atoms with Crippen molar-refractivity contribution >= 4 is 17.5 Å². The molecule has 2 rings (SSSR count). The van der Waals surface area contributed by atoms with E-state index in [9.17, 15) is 9.18 Å². The molecule has 1 atom stereocenters. The summed E-state index contributed by atoms with van der Waals surface area (Å²) in [5.41, 5.74) is 0.0875. The number of nitrogens with zero attached hydrogens (tertiary/aromatic N) is 1. The highest BCUT2D eigenvalue weighted by Crippen LogP contribution is 2.15. The molecule has 0 aliphatic carbocycles. The van der Waals surface area contributed by atoms with E-state index in [2.05, 4.69) is 0 Å².